The van der Waals surface area contributed by atoms with Gasteiger partial charge in [-0.25, -0.2) is 0 Å². The molecule has 2 aliphatic rings. The van der Waals surface area contributed by atoms with Gasteiger partial charge in [-0.05, 0) is 62.6 Å². The van der Waals surface area contributed by atoms with Gasteiger partial charge >= 0.3 is 0 Å². The van der Waals surface area contributed by atoms with Gasteiger partial charge in [-0.15, -0.1) is 0 Å². The molecule has 38 heavy (non-hydrogen) atoms. The molecule has 2 aliphatic heterocycles. The van der Waals surface area contributed by atoms with Gasteiger partial charge in [0.15, 0.2) is 5.82 Å². The quantitative estimate of drug-likeness (QED) is 0.428. The molecule has 2 aromatic carbocycles. The van der Waals surface area contributed by atoms with E-state index < -0.39 is 5.41 Å². The van der Waals surface area contributed by atoms with E-state index in [2.05, 4.69) is 20.3 Å². The molecule has 0 saturated carbocycles. The second kappa shape index (κ2) is 9.44. The van der Waals surface area contributed by atoms with Crippen molar-refractivity contribution in [3.8, 4) is 28.3 Å². The van der Waals surface area contributed by atoms with Gasteiger partial charge in [0, 0.05) is 59.8 Å². The van der Waals surface area contributed by atoms with E-state index in [1.807, 2.05) is 46.3 Å². The number of carbonyl (C=O) groups excluding carboxylic acids is 2. The molecule has 6 rings (SSSR count). The molecule has 194 valence electrons. The SMILES string of the molecule is COc1cc(N2CCC3(CCN(C(=O)c4ccc(-c5nc(C)no5)cc4)CC3)C2=O)ccc1-c1cn[nH]c1. The highest BCUT2D eigenvalue weighted by Crippen LogP contribution is 2.44. The molecule has 0 atom stereocenters. The van der Waals surface area contributed by atoms with Crippen LogP contribution in [0.15, 0.2) is 59.4 Å². The predicted molar refractivity (Wildman–Crippen MR) is 140 cm³/mol. The molecule has 10 nitrogen and oxygen atoms in total. The van der Waals surface area contributed by atoms with Crippen LogP contribution in [0.5, 0.6) is 5.75 Å². The third-order valence-corrected chi connectivity index (χ3v) is 7.73. The maximum Gasteiger partial charge on any atom is 0.257 e. The Labute approximate surface area is 219 Å². The van der Waals surface area contributed by atoms with Crippen molar-refractivity contribution in [3.05, 3.63) is 66.2 Å². The Hall–Kier alpha value is -4.47. The standard InChI is InChI=1S/C28H28N6O4/c1-18-31-25(38-32-18)19-3-5-20(6-4-19)26(35)33-12-9-28(10-13-33)11-14-34(27(28)36)22-7-8-23(24(15-22)37-2)21-16-29-30-17-21/h3-8,15-17H,9-14H2,1-2H3,(H,29,30). The van der Waals surface area contributed by atoms with E-state index in [0.29, 0.717) is 55.5 Å². The van der Waals surface area contributed by atoms with Gasteiger partial charge in [0.05, 0.1) is 18.7 Å². The minimum atomic E-state index is -0.438. The number of amides is 2. The van der Waals surface area contributed by atoms with Gasteiger partial charge in [0.2, 0.25) is 5.91 Å². The number of hydrogen-bond acceptors (Lipinski definition) is 7. The number of anilines is 1. The van der Waals surface area contributed by atoms with Gasteiger partial charge in [0.1, 0.15) is 5.75 Å². The summed E-state index contributed by atoms with van der Waals surface area (Å²) in [6.07, 6.45) is 5.63. The Balaban J connectivity index is 1.12. The highest BCUT2D eigenvalue weighted by molar-refractivity contribution is 6.01. The molecule has 1 spiro atoms. The molecule has 0 unspecified atom stereocenters. The number of ether oxygens (including phenoxy) is 1. The highest BCUT2D eigenvalue weighted by atomic mass is 16.5. The van der Waals surface area contributed by atoms with Crippen molar-refractivity contribution in [3.63, 3.8) is 0 Å². The highest BCUT2D eigenvalue weighted by Gasteiger charge is 2.49. The summed E-state index contributed by atoms with van der Waals surface area (Å²) in [6.45, 7) is 3.51. The summed E-state index contributed by atoms with van der Waals surface area (Å²) in [6, 6.07) is 13.0. The number of aromatic amines is 1. The van der Waals surface area contributed by atoms with E-state index >= 15 is 0 Å². The molecule has 0 aliphatic carbocycles. The number of rotatable bonds is 5. The summed E-state index contributed by atoms with van der Waals surface area (Å²) >= 11 is 0. The van der Waals surface area contributed by atoms with Gasteiger partial charge in [-0.3, -0.25) is 14.7 Å². The maximum atomic E-state index is 13.7. The van der Waals surface area contributed by atoms with Crippen LogP contribution in [0.25, 0.3) is 22.6 Å². The Morgan fingerprint density at radius 2 is 1.82 bits per heavy atom. The van der Waals surface area contributed by atoms with Crippen LogP contribution in [-0.2, 0) is 4.79 Å². The molecule has 2 saturated heterocycles. The van der Waals surface area contributed by atoms with Crippen molar-refractivity contribution < 1.29 is 18.8 Å². The van der Waals surface area contributed by atoms with Gasteiger partial charge in [0.25, 0.3) is 11.8 Å². The Kier molecular flexibility index (Phi) is 5.94. The average molecular weight is 513 g/mol. The van der Waals surface area contributed by atoms with E-state index in [4.69, 9.17) is 9.26 Å². The van der Waals surface area contributed by atoms with Gasteiger partial charge < -0.3 is 19.1 Å². The molecule has 1 N–H and O–H groups in total. The van der Waals surface area contributed by atoms with Crippen molar-refractivity contribution in [2.45, 2.75) is 26.2 Å². The summed E-state index contributed by atoms with van der Waals surface area (Å²) in [5, 5.41) is 10.6. The molecule has 10 heteroatoms. The summed E-state index contributed by atoms with van der Waals surface area (Å²) in [4.78, 5) is 34.8. The van der Waals surface area contributed by atoms with Crippen LogP contribution in [-0.4, -0.2) is 63.8 Å². The van der Waals surface area contributed by atoms with Crippen LogP contribution >= 0.6 is 0 Å². The first-order valence-corrected chi connectivity index (χ1v) is 12.7. The summed E-state index contributed by atoms with van der Waals surface area (Å²) in [7, 11) is 1.63. The number of carbonyl (C=O) groups is 2. The maximum absolute atomic E-state index is 13.7. The fourth-order valence-electron chi connectivity index (χ4n) is 5.51. The third kappa shape index (κ3) is 4.11. The van der Waals surface area contributed by atoms with Crippen molar-refractivity contribution in [2.24, 2.45) is 5.41 Å². The Bertz CT molecular complexity index is 1470. The van der Waals surface area contributed by atoms with Crippen molar-refractivity contribution in [2.75, 3.05) is 31.6 Å². The normalized spacial score (nSPS) is 16.8. The number of piperidine rings is 1. The number of nitrogens with one attached hydrogen (secondary N) is 1. The topological polar surface area (TPSA) is 117 Å². The molecule has 4 heterocycles. The van der Waals surface area contributed by atoms with Crippen LogP contribution in [0, 0.1) is 12.3 Å². The molecular weight excluding hydrogens is 484 g/mol. The largest absolute Gasteiger partial charge is 0.496 e. The lowest BCUT2D eigenvalue weighted by Crippen LogP contribution is -2.46. The number of likely N-dealkylation sites (tertiary alicyclic amines) is 1. The fraction of sp³-hybridized carbons (Fsp3) is 0.321. The molecule has 0 bridgehead atoms. The van der Waals surface area contributed by atoms with Crippen LogP contribution in [0.4, 0.5) is 5.69 Å². The first-order valence-electron chi connectivity index (χ1n) is 12.7. The summed E-state index contributed by atoms with van der Waals surface area (Å²) in [5.41, 5.74) is 3.60. The van der Waals surface area contributed by atoms with Crippen LogP contribution in [0.2, 0.25) is 0 Å². The third-order valence-electron chi connectivity index (χ3n) is 7.73. The van der Waals surface area contributed by atoms with E-state index in [9.17, 15) is 9.59 Å². The van der Waals surface area contributed by atoms with Crippen molar-refractivity contribution in [1.29, 1.82) is 0 Å². The monoisotopic (exact) mass is 512 g/mol. The zero-order chi connectivity index (χ0) is 26.3. The molecule has 4 aromatic rings. The fourth-order valence-corrected chi connectivity index (χ4v) is 5.51. The van der Waals surface area contributed by atoms with Crippen LogP contribution < -0.4 is 9.64 Å². The minimum absolute atomic E-state index is 0.0324. The molecule has 2 aromatic heterocycles. The summed E-state index contributed by atoms with van der Waals surface area (Å²) in [5.74, 6) is 1.78. The molecular formula is C28H28N6O4. The smallest absolute Gasteiger partial charge is 0.257 e. The first-order chi connectivity index (χ1) is 18.5. The number of methoxy groups -OCH3 is 1. The van der Waals surface area contributed by atoms with Crippen LogP contribution in [0.1, 0.15) is 35.4 Å². The van der Waals surface area contributed by atoms with E-state index in [0.717, 1.165) is 28.8 Å². The first kappa shape index (κ1) is 23.9. The Morgan fingerprint density at radius 3 is 2.47 bits per heavy atom. The van der Waals surface area contributed by atoms with Crippen molar-refractivity contribution >= 4 is 17.5 Å². The Morgan fingerprint density at radius 1 is 1.05 bits per heavy atom. The van der Waals surface area contributed by atoms with E-state index in [1.165, 1.54) is 0 Å². The number of aromatic nitrogens is 4. The number of benzene rings is 2. The second-order valence-corrected chi connectivity index (χ2v) is 9.87. The molecule has 2 amide bonds. The zero-order valence-corrected chi connectivity index (χ0v) is 21.3. The number of H-pyrrole nitrogens is 1. The lowest BCUT2D eigenvalue weighted by atomic mass is 9.77. The van der Waals surface area contributed by atoms with E-state index in [-0.39, 0.29) is 11.8 Å². The van der Waals surface area contributed by atoms with Crippen molar-refractivity contribution in [1.82, 2.24) is 25.2 Å². The second-order valence-electron chi connectivity index (χ2n) is 9.87. The molecule has 2 fully saturated rings. The lowest BCUT2D eigenvalue weighted by Gasteiger charge is -2.38. The van der Waals surface area contributed by atoms with Gasteiger partial charge in [-0.2, -0.15) is 10.1 Å². The molecule has 0 radical (unpaired) electrons. The zero-order valence-electron chi connectivity index (χ0n) is 21.3. The average Bonchev–Trinajstić information content (AvgIpc) is 3.71. The van der Waals surface area contributed by atoms with Crippen LogP contribution in [0.3, 0.4) is 0 Å². The lowest BCUT2D eigenvalue weighted by molar-refractivity contribution is -0.127. The summed E-state index contributed by atoms with van der Waals surface area (Å²) < 4.78 is 10.8. The number of aryl methyl sites for hydroxylation is 1. The van der Waals surface area contributed by atoms with E-state index in [1.54, 1.807) is 32.4 Å². The minimum Gasteiger partial charge on any atom is -0.496 e. The predicted octanol–water partition coefficient (Wildman–Crippen LogP) is 4.10. The number of hydrogen-bond donors (Lipinski definition) is 1. The number of nitrogens with zero attached hydrogens (tertiary/aromatic N) is 5. The van der Waals surface area contributed by atoms with Gasteiger partial charge in [-0.1, -0.05) is 5.16 Å².